The van der Waals surface area contributed by atoms with Gasteiger partial charge in [-0.15, -0.1) is 0 Å². The standard InChI is InChI=1S/C26H22O2S/c1-19-17-23(27-21-9-5-3-6-10-21)13-15-25(19)29-26-16-14-24(18-20(26)2)28-22-11-7-4-8-12-22/h3-18H,1-2H3. The largest absolute Gasteiger partial charge is 0.457 e. The zero-order chi connectivity index (χ0) is 20.1. The van der Waals surface area contributed by atoms with E-state index in [2.05, 4.69) is 38.1 Å². The molecule has 0 aliphatic carbocycles. The maximum atomic E-state index is 5.93. The maximum Gasteiger partial charge on any atom is 0.127 e. The molecule has 2 nitrogen and oxygen atoms in total. The van der Waals surface area contributed by atoms with E-state index in [1.165, 1.54) is 20.9 Å². The van der Waals surface area contributed by atoms with Crippen molar-refractivity contribution >= 4 is 11.8 Å². The quantitative estimate of drug-likeness (QED) is 0.327. The fourth-order valence-electron chi connectivity index (χ4n) is 2.97. The van der Waals surface area contributed by atoms with Crippen LogP contribution in [0.2, 0.25) is 0 Å². The van der Waals surface area contributed by atoms with Gasteiger partial charge in [0, 0.05) is 9.79 Å². The Bertz CT molecular complexity index is 1000. The summed E-state index contributed by atoms with van der Waals surface area (Å²) in [5.74, 6) is 3.39. The SMILES string of the molecule is Cc1cc(Oc2ccccc2)ccc1Sc1ccc(Oc2ccccc2)cc1C. The Labute approximate surface area is 176 Å². The summed E-state index contributed by atoms with van der Waals surface area (Å²) < 4.78 is 11.9. The van der Waals surface area contributed by atoms with Crippen molar-refractivity contribution in [2.75, 3.05) is 0 Å². The van der Waals surface area contributed by atoms with Crippen molar-refractivity contribution in [3.8, 4) is 23.0 Å². The second kappa shape index (κ2) is 8.89. The lowest BCUT2D eigenvalue weighted by Gasteiger charge is -2.12. The van der Waals surface area contributed by atoms with Crippen LogP contribution >= 0.6 is 11.8 Å². The van der Waals surface area contributed by atoms with Gasteiger partial charge < -0.3 is 9.47 Å². The van der Waals surface area contributed by atoms with E-state index in [4.69, 9.17) is 9.47 Å². The summed E-state index contributed by atoms with van der Waals surface area (Å²) in [7, 11) is 0. The lowest BCUT2D eigenvalue weighted by molar-refractivity contribution is 0.481. The second-order valence-corrected chi connectivity index (χ2v) is 7.87. The smallest absolute Gasteiger partial charge is 0.127 e. The van der Waals surface area contributed by atoms with E-state index in [1.807, 2.05) is 72.8 Å². The first kappa shape index (κ1) is 19.2. The highest BCUT2D eigenvalue weighted by Gasteiger charge is 2.08. The first-order valence-electron chi connectivity index (χ1n) is 9.52. The van der Waals surface area contributed by atoms with Crippen LogP contribution in [0.4, 0.5) is 0 Å². The molecule has 3 heteroatoms. The molecule has 0 aliphatic heterocycles. The van der Waals surface area contributed by atoms with E-state index in [-0.39, 0.29) is 0 Å². The van der Waals surface area contributed by atoms with Crippen LogP contribution in [0.3, 0.4) is 0 Å². The van der Waals surface area contributed by atoms with Gasteiger partial charge in [-0.05, 0) is 85.6 Å². The summed E-state index contributed by atoms with van der Waals surface area (Å²) in [5.41, 5.74) is 2.37. The van der Waals surface area contributed by atoms with Crippen molar-refractivity contribution in [3.05, 3.63) is 108 Å². The molecule has 0 amide bonds. The van der Waals surface area contributed by atoms with Crippen LogP contribution in [0.1, 0.15) is 11.1 Å². The van der Waals surface area contributed by atoms with Crippen molar-refractivity contribution in [2.45, 2.75) is 23.6 Å². The molecule has 0 radical (unpaired) electrons. The fraction of sp³-hybridized carbons (Fsp3) is 0.0769. The summed E-state index contributed by atoms with van der Waals surface area (Å²) >= 11 is 1.76. The molecule has 0 aromatic heterocycles. The molecule has 144 valence electrons. The predicted molar refractivity (Wildman–Crippen MR) is 120 cm³/mol. The highest BCUT2D eigenvalue weighted by molar-refractivity contribution is 7.99. The molecule has 0 bridgehead atoms. The molecule has 0 heterocycles. The number of benzene rings is 4. The summed E-state index contributed by atoms with van der Waals surface area (Å²) in [4.78, 5) is 2.43. The van der Waals surface area contributed by atoms with Crippen LogP contribution in [-0.2, 0) is 0 Å². The first-order valence-corrected chi connectivity index (χ1v) is 10.3. The van der Waals surface area contributed by atoms with E-state index in [1.54, 1.807) is 11.8 Å². The van der Waals surface area contributed by atoms with E-state index in [0.29, 0.717) is 0 Å². The summed E-state index contributed by atoms with van der Waals surface area (Å²) in [6.07, 6.45) is 0. The third-order valence-corrected chi connectivity index (χ3v) is 5.83. The molecule has 29 heavy (non-hydrogen) atoms. The van der Waals surface area contributed by atoms with E-state index < -0.39 is 0 Å². The molecule has 4 aromatic rings. The number of ether oxygens (including phenoxy) is 2. The molecule has 0 unspecified atom stereocenters. The third-order valence-electron chi connectivity index (χ3n) is 4.47. The van der Waals surface area contributed by atoms with Crippen LogP contribution in [0.15, 0.2) is 107 Å². The number of hydrogen-bond acceptors (Lipinski definition) is 3. The number of aryl methyl sites for hydroxylation is 2. The predicted octanol–water partition coefficient (Wildman–Crippen LogP) is 8.04. The molecule has 0 fully saturated rings. The molecule has 0 N–H and O–H groups in total. The van der Waals surface area contributed by atoms with Crippen molar-refractivity contribution in [1.29, 1.82) is 0 Å². The maximum absolute atomic E-state index is 5.93. The minimum absolute atomic E-state index is 0.845. The van der Waals surface area contributed by atoms with Gasteiger partial charge in [0.15, 0.2) is 0 Å². The molecule has 0 aliphatic rings. The summed E-state index contributed by atoms with van der Waals surface area (Å²) in [6, 6.07) is 32.1. The minimum atomic E-state index is 0.845. The molecule has 0 spiro atoms. The molecular weight excluding hydrogens is 376 g/mol. The summed E-state index contributed by atoms with van der Waals surface area (Å²) in [6.45, 7) is 4.23. The first-order chi connectivity index (χ1) is 14.2. The Hall–Kier alpha value is -3.17. The Morgan fingerprint density at radius 3 is 1.28 bits per heavy atom. The van der Waals surface area contributed by atoms with Gasteiger partial charge in [-0.1, -0.05) is 48.2 Å². The normalized spacial score (nSPS) is 10.6. The van der Waals surface area contributed by atoms with Gasteiger partial charge in [-0.3, -0.25) is 0 Å². The average molecular weight is 399 g/mol. The fourth-order valence-corrected chi connectivity index (χ4v) is 3.92. The van der Waals surface area contributed by atoms with Gasteiger partial charge in [0.25, 0.3) is 0 Å². The van der Waals surface area contributed by atoms with Crippen LogP contribution in [0.5, 0.6) is 23.0 Å². The van der Waals surface area contributed by atoms with Gasteiger partial charge in [-0.25, -0.2) is 0 Å². The monoisotopic (exact) mass is 398 g/mol. The highest BCUT2D eigenvalue weighted by atomic mass is 32.2. The topological polar surface area (TPSA) is 18.5 Å². The van der Waals surface area contributed by atoms with E-state index in [0.717, 1.165) is 23.0 Å². The molecule has 0 saturated carbocycles. The second-order valence-electron chi connectivity index (χ2n) is 6.79. The zero-order valence-electron chi connectivity index (χ0n) is 16.5. The van der Waals surface area contributed by atoms with Crippen LogP contribution in [0.25, 0.3) is 0 Å². The molecular formula is C26H22O2S. The lowest BCUT2D eigenvalue weighted by atomic mass is 10.2. The Balaban J connectivity index is 1.47. The minimum Gasteiger partial charge on any atom is -0.457 e. The van der Waals surface area contributed by atoms with E-state index in [9.17, 15) is 0 Å². The van der Waals surface area contributed by atoms with Crippen LogP contribution in [-0.4, -0.2) is 0 Å². The van der Waals surface area contributed by atoms with Gasteiger partial charge in [0.05, 0.1) is 0 Å². The number of para-hydroxylation sites is 2. The average Bonchev–Trinajstić information content (AvgIpc) is 2.73. The molecule has 0 saturated heterocycles. The Kier molecular flexibility index (Phi) is 5.87. The van der Waals surface area contributed by atoms with Crippen molar-refractivity contribution in [2.24, 2.45) is 0 Å². The summed E-state index contributed by atoms with van der Waals surface area (Å²) in [5, 5.41) is 0. The highest BCUT2D eigenvalue weighted by Crippen LogP contribution is 2.36. The lowest BCUT2D eigenvalue weighted by Crippen LogP contribution is -1.88. The van der Waals surface area contributed by atoms with Gasteiger partial charge in [-0.2, -0.15) is 0 Å². The zero-order valence-corrected chi connectivity index (χ0v) is 17.3. The third kappa shape index (κ3) is 5.01. The molecule has 0 atom stereocenters. The van der Waals surface area contributed by atoms with E-state index >= 15 is 0 Å². The van der Waals surface area contributed by atoms with Crippen molar-refractivity contribution in [3.63, 3.8) is 0 Å². The Morgan fingerprint density at radius 1 is 0.483 bits per heavy atom. The van der Waals surface area contributed by atoms with Crippen molar-refractivity contribution in [1.82, 2.24) is 0 Å². The molecule has 4 aromatic carbocycles. The van der Waals surface area contributed by atoms with Gasteiger partial charge in [0.2, 0.25) is 0 Å². The van der Waals surface area contributed by atoms with Crippen LogP contribution < -0.4 is 9.47 Å². The van der Waals surface area contributed by atoms with Gasteiger partial charge in [0.1, 0.15) is 23.0 Å². The number of hydrogen-bond donors (Lipinski definition) is 0. The van der Waals surface area contributed by atoms with Crippen LogP contribution in [0, 0.1) is 13.8 Å². The van der Waals surface area contributed by atoms with Crippen molar-refractivity contribution < 1.29 is 9.47 Å². The number of rotatable bonds is 6. The van der Waals surface area contributed by atoms with Gasteiger partial charge >= 0.3 is 0 Å². The Morgan fingerprint density at radius 2 is 0.897 bits per heavy atom. The molecule has 4 rings (SSSR count).